The van der Waals surface area contributed by atoms with Gasteiger partial charge in [-0.25, -0.2) is 4.98 Å². The van der Waals surface area contributed by atoms with E-state index in [1.54, 1.807) is 12.4 Å². The Bertz CT molecular complexity index is 1050. The molecule has 0 saturated carbocycles. The van der Waals surface area contributed by atoms with E-state index >= 15 is 0 Å². The third-order valence-electron chi connectivity index (χ3n) is 5.11. The summed E-state index contributed by atoms with van der Waals surface area (Å²) in [6.07, 6.45) is 4.18. The summed E-state index contributed by atoms with van der Waals surface area (Å²) in [5.41, 5.74) is 14.2. The van der Waals surface area contributed by atoms with E-state index in [1.165, 1.54) is 0 Å². The minimum absolute atomic E-state index is 0.491. The molecule has 0 aliphatic carbocycles. The van der Waals surface area contributed by atoms with Crippen molar-refractivity contribution in [2.75, 3.05) is 49.0 Å². The summed E-state index contributed by atoms with van der Waals surface area (Å²) >= 11 is 0. The second-order valence-electron chi connectivity index (χ2n) is 7.57. The molecule has 0 atom stereocenters. The van der Waals surface area contributed by atoms with Crippen LogP contribution in [-0.4, -0.2) is 49.1 Å². The molecular formula is C24H28N6O2. The Morgan fingerprint density at radius 3 is 2.88 bits per heavy atom. The molecule has 2 aromatic heterocycles. The molecule has 4 rings (SSSR count). The van der Waals surface area contributed by atoms with E-state index in [1.807, 2.05) is 55.5 Å². The fraction of sp³-hybridized carbons (Fsp3) is 0.292. The molecular weight excluding hydrogens is 404 g/mol. The van der Waals surface area contributed by atoms with Crippen molar-refractivity contribution in [3.63, 3.8) is 0 Å². The molecule has 0 radical (unpaired) electrons. The average molecular weight is 433 g/mol. The first kappa shape index (κ1) is 21.6. The molecule has 32 heavy (non-hydrogen) atoms. The van der Waals surface area contributed by atoms with Crippen LogP contribution < -0.4 is 20.8 Å². The molecule has 0 unspecified atom stereocenters. The van der Waals surface area contributed by atoms with E-state index in [0.717, 1.165) is 35.7 Å². The summed E-state index contributed by atoms with van der Waals surface area (Å²) in [6.45, 7) is 5.56. The predicted octanol–water partition coefficient (Wildman–Crippen LogP) is 3.27. The topological polar surface area (TPSA) is 97.9 Å². The Hall–Kier alpha value is -3.65. The molecule has 3 heterocycles. The van der Waals surface area contributed by atoms with Crippen molar-refractivity contribution in [1.82, 2.24) is 9.97 Å². The van der Waals surface area contributed by atoms with Crippen LogP contribution in [0.2, 0.25) is 0 Å². The number of nitrogens with two attached hydrogens (primary N) is 1. The summed E-state index contributed by atoms with van der Waals surface area (Å²) < 4.78 is 11.5. The number of hydrogen-bond donors (Lipinski definition) is 2. The zero-order valence-corrected chi connectivity index (χ0v) is 18.2. The minimum atomic E-state index is 0.491. The van der Waals surface area contributed by atoms with Gasteiger partial charge in [0.1, 0.15) is 0 Å². The fourth-order valence-corrected chi connectivity index (χ4v) is 3.40. The van der Waals surface area contributed by atoms with Gasteiger partial charge in [0.2, 0.25) is 5.88 Å². The van der Waals surface area contributed by atoms with Gasteiger partial charge in [-0.05, 0) is 42.8 Å². The lowest BCUT2D eigenvalue weighted by Crippen LogP contribution is -2.36. The number of aryl methyl sites for hydroxylation is 1. The van der Waals surface area contributed by atoms with Crippen molar-refractivity contribution in [1.29, 1.82) is 0 Å². The van der Waals surface area contributed by atoms with Crippen LogP contribution in [0, 0.1) is 6.92 Å². The van der Waals surface area contributed by atoms with Gasteiger partial charge in [-0.15, -0.1) is 0 Å². The SMILES string of the molecule is Cc1ccc(N)c(NN=Cc2cc(N3CCOCC3)cc(OCCc3ccccn3)n2)c1. The Morgan fingerprint density at radius 1 is 1.19 bits per heavy atom. The van der Waals surface area contributed by atoms with Crippen molar-refractivity contribution in [2.45, 2.75) is 13.3 Å². The molecule has 1 aliphatic rings. The molecule has 1 aromatic carbocycles. The van der Waals surface area contributed by atoms with Gasteiger partial charge in [0.25, 0.3) is 0 Å². The van der Waals surface area contributed by atoms with Gasteiger partial charge in [0, 0.05) is 43.2 Å². The summed E-state index contributed by atoms with van der Waals surface area (Å²) in [5, 5.41) is 4.34. The number of morpholine rings is 1. The number of pyridine rings is 2. The zero-order valence-electron chi connectivity index (χ0n) is 18.2. The number of nitrogen functional groups attached to an aromatic ring is 1. The van der Waals surface area contributed by atoms with Crippen LogP contribution in [-0.2, 0) is 11.2 Å². The molecule has 1 fully saturated rings. The number of rotatable bonds is 8. The Kier molecular flexibility index (Phi) is 7.14. The van der Waals surface area contributed by atoms with Crippen LogP contribution >= 0.6 is 0 Å². The van der Waals surface area contributed by atoms with Crippen LogP contribution in [0.25, 0.3) is 0 Å². The number of hydrazone groups is 1. The summed E-state index contributed by atoms with van der Waals surface area (Å²) in [4.78, 5) is 11.2. The molecule has 8 nitrogen and oxygen atoms in total. The number of aromatic nitrogens is 2. The Labute approximate surface area is 188 Å². The highest BCUT2D eigenvalue weighted by atomic mass is 16.5. The van der Waals surface area contributed by atoms with E-state index in [-0.39, 0.29) is 0 Å². The largest absolute Gasteiger partial charge is 0.477 e. The minimum Gasteiger partial charge on any atom is -0.477 e. The molecule has 0 amide bonds. The summed E-state index contributed by atoms with van der Waals surface area (Å²) in [7, 11) is 0. The molecule has 8 heteroatoms. The van der Waals surface area contributed by atoms with Gasteiger partial charge in [0.15, 0.2) is 0 Å². The smallest absolute Gasteiger partial charge is 0.215 e. The lowest BCUT2D eigenvalue weighted by Gasteiger charge is -2.29. The fourth-order valence-electron chi connectivity index (χ4n) is 3.40. The van der Waals surface area contributed by atoms with Gasteiger partial charge in [-0.1, -0.05) is 12.1 Å². The Balaban J connectivity index is 1.49. The number of ether oxygens (including phenoxy) is 2. The Morgan fingerprint density at radius 2 is 2.06 bits per heavy atom. The molecule has 0 bridgehead atoms. The summed E-state index contributed by atoms with van der Waals surface area (Å²) in [5.74, 6) is 0.557. The summed E-state index contributed by atoms with van der Waals surface area (Å²) in [6, 6.07) is 15.6. The van der Waals surface area contributed by atoms with Crippen molar-refractivity contribution in [2.24, 2.45) is 5.10 Å². The first-order chi connectivity index (χ1) is 15.7. The molecule has 1 aliphatic heterocycles. The maximum atomic E-state index is 6.02. The van der Waals surface area contributed by atoms with Crippen LogP contribution in [0.5, 0.6) is 5.88 Å². The highest BCUT2D eigenvalue weighted by Gasteiger charge is 2.14. The third-order valence-corrected chi connectivity index (χ3v) is 5.11. The average Bonchev–Trinajstić information content (AvgIpc) is 2.82. The maximum Gasteiger partial charge on any atom is 0.215 e. The van der Waals surface area contributed by atoms with Crippen LogP contribution in [0.4, 0.5) is 17.1 Å². The number of benzene rings is 1. The quantitative estimate of drug-likeness (QED) is 0.320. The second kappa shape index (κ2) is 10.6. The van der Waals surface area contributed by atoms with Crippen LogP contribution in [0.1, 0.15) is 17.0 Å². The third kappa shape index (κ3) is 5.95. The molecule has 166 valence electrons. The van der Waals surface area contributed by atoms with Gasteiger partial charge >= 0.3 is 0 Å². The molecule has 0 spiro atoms. The van der Waals surface area contributed by atoms with Gasteiger partial charge in [-0.2, -0.15) is 5.10 Å². The van der Waals surface area contributed by atoms with E-state index in [4.69, 9.17) is 15.2 Å². The number of hydrogen-bond acceptors (Lipinski definition) is 8. The highest BCUT2D eigenvalue weighted by molar-refractivity contribution is 5.80. The number of nitrogens with zero attached hydrogens (tertiary/aromatic N) is 4. The maximum absolute atomic E-state index is 6.02. The van der Waals surface area contributed by atoms with Crippen molar-refractivity contribution < 1.29 is 9.47 Å². The van der Waals surface area contributed by atoms with Crippen LogP contribution in [0.15, 0.2) is 59.8 Å². The molecule has 3 N–H and O–H groups in total. The van der Waals surface area contributed by atoms with Crippen molar-refractivity contribution in [3.05, 3.63) is 71.7 Å². The number of anilines is 3. The van der Waals surface area contributed by atoms with Gasteiger partial charge in [0.05, 0.1) is 43.1 Å². The molecule has 3 aromatic rings. The monoisotopic (exact) mass is 432 g/mol. The lowest BCUT2D eigenvalue weighted by atomic mass is 10.2. The van der Waals surface area contributed by atoms with Crippen molar-refractivity contribution in [3.8, 4) is 5.88 Å². The van der Waals surface area contributed by atoms with E-state index in [0.29, 0.717) is 43.5 Å². The standard InChI is InChI=1S/C24H28N6O2/c1-18-5-6-22(25)23(14-18)29-27-17-20-15-21(30-9-12-31-13-10-30)16-24(28-20)32-11-7-19-4-2-3-8-26-19/h2-6,8,14-17,29H,7,9-13,25H2,1H3. The van der Waals surface area contributed by atoms with Gasteiger partial charge < -0.3 is 20.1 Å². The zero-order chi connectivity index (χ0) is 22.2. The van der Waals surface area contributed by atoms with Gasteiger partial charge in [-0.3, -0.25) is 10.4 Å². The lowest BCUT2D eigenvalue weighted by molar-refractivity contribution is 0.122. The predicted molar refractivity (Wildman–Crippen MR) is 128 cm³/mol. The normalized spacial score (nSPS) is 14.0. The van der Waals surface area contributed by atoms with E-state index in [2.05, 4.69) is 25.4 Å². The first-order valence-electron chi connectivity index (χ1n) is 10.7. The van der Waals surface area contributed by atoms with E-state index < -0.39 is 0 Å². The highest BCUT2D eigenvalue weighted by Crippen LogP contribution is 2.23. The van der Waals surface area contributed by atoms with Crippen LogP contribution in [0.3, 0.4) is 0 Å². The van der Waals surface area contributed by atoms with E-state index in [9.17, 15) is 0 Å². The second-order valence-corrected chi connectivity index (χ2v) is 7.57. The number of nitrogens with one attached hydrogen (secondary N) is 1. The first-order valence-corrected chi connectivity index (χ1v) is 10.7. The van der Waals surface area contributed by atoms with Crippen molar-refractivity contribution >= 4 is 23.3 Å². The molecule has 1 saturated heterocycles.